The highest BCUT2D eigenvalue weighted by Gasteiger charge is 2.08. The predicted molar refractivity (Wildman–Crippen MR) is 110 cm³/mol. The van der Waals surface area contributed by atoms with Gasteiger partial charge < -0.3 is 10.1 Å². The third kappa shape index (κ3) is 5.05. The summed E-state index contributed by atoms with van der Waals surface area (Å²) in [6.07, 6.45) is 2.92. The van der Waals surface area contributed by atoms with E-state index in [9.17, 15) is 4.79 Å². The lowest BCUT2D eigenvalue weighted by molar-refractivity contribution is -0.123. The van der Waals surface area contributed by atoms with Crippen LogP contribution in [0.25, 0.3) is 10.8 Å². The van der Waals surface area contributed by atoms with Crippen LogP contribution in [-0.2, 0) is 11.2 Å². The first kappa shape index (κ1) is 18.9. The smallest absolute Gasteiger partial charge is 0.257 e. The van der Waals surface area contributed by atoms with Gasteiger partial charge in [0.1, 0.15) is 5.75 Å². The number of unbranched alkanes of at least 4 members (excludes halogenated alkanes) is 1. The molecule has 0 radical (unpaired) electrons. The van der Waals surface area contributed by atoms with Gasteiger partial charge in [0.05, 0.1) is 9.48 Å². The van der Waals surface area contributed by atoms with E-state index in [1.807, 2.05) is 43.3 Å². The number of thiazole rings is 1. The minimum Gasteiger partial charge on any atom is -0.483 e. The Morgan fingerprint density at radius 1 is 1.23 bits per heavy atom. The van der Waals surface area contributed by atoms with E-state index in [2.05, 4.69) is 31.6 Å². The van der Waals surface area contributed by atoms with Crippen LogP contribution in [-0.4, -0.2) is 24.0 Å². The number of ether oxygens (including phenoxy) is 1. The van der Waals surface area contributed by atoms with Crippen LogP contribution in [0.5, 0.6) is 5.75 Å². The molecule has 1 aromatic heterocycles. The third-order valence-electron chi connectivity index (χ3n) is 3.99. The lowest BCUT2D eigenvalue weighted by Gasteiger charge is -2.10. The van der Waals surface area contributed by atoms with E-state index in [-0.39, 0.29) is 12.5 Å². The molecule has 6 heteroatoms. The minimum atomic E-state index is -0.102. The van der Waals surface area contributed by atoms with Crippen molar-refractivity contribution in [2.24, 2.45) is 0 Å². The summed E-state index contributed by atoms with van der Waals surface area (Å²) < 4.78 is 6.55. The second-order valence-electron chi connectivity index (χ2n) is 6.08. The second-order valence-corrected chi connectivity index (χ2v) is 7.81. The average molecular weight is 433 g/mol. The highest BCUT2D eigenvalue weighted by atomic mass is 79.9. The summed E-state index contributed by atoms with van der Waals surface area (Å²) >= 11 is 5.27. The summed E-state index contributed by atoms with van der Waals surface area (Å²) in [6.45, 7) is 2.68. The zero-order chi connectivity index (χ0) is 18.4. The molecule has 0 aliphatic carbocycles. The number of halogens is 1. The molecule has 0 aliphatic rings. The molecule has 0 atom stereocenters. The fourth-order valence-corrected chi connectivity index (χ4v) is 4.09. The molecule has 0 saturated carbocycles. The first-order chi connectivity index (χ1) is 12.6. The van der Waals surface area contributed by atoms with Gasteiger partial charge in [0.15, 0.2) is 6.61 Å². The standard InChI is InChI=1S/C20H21BrN2O2S/c1-14-13-26-19(23-14)8-4-5-11-22-18(24)12-25-17-10-9-15-6-2-3-7-16(15)20(17)21/h2-3,6-7,9-10,13H,4-5,8,11-12H2,1H3,(H,22,24). The minimum absolute atomic E-state index is 0.0165. The fourth-order valence-electron chi connectivity index (χ4n) is 2.67. The zero-order valence-corrected chi connectivity index (χ0v) is 17.0. The Kier molecular flexibility index (Phi) is 6.63. The number of hydrogen-bond acceptors (Lipinski definition) is 4. The van der Waals surface area contributed by atoms with E-state index < -0.39 is 0 Å². The molecule has 3 aromatic rings. The Hall–Kier alpha value is -1.92. The molecule has 0 aliphatic heterocycles. The van der Waals surface area contributed by atoms with Gasteiger partial charge in [0.25, 0.3) is 5.91 Å². The number of aromatic nitrogens is 1. The number of rotatable bonds is 8. The third-order valence-corrected chi connectivity index (χ3v) is 5.84. The second kappa shape index (κ2) is 9.14. The van der Waals surface area contributed by atoms with Crippen LogP contribution >= 0.6 is 27.3 Å². The number of nitrogens with zero attached hydrogens (tertiary/aromatic N) is 1. The monoisotopic (exact) mass is 432 g/mol. The van der Waals surface area contributed by atoms with Gasteiger partial charge in [-0.05, 0) is 59.0 Å². The molecule has 136 valence electrons. The summed E-state index contributed by atoms with van der Waals surface area (Å²) in [5.41, 5.74) is 1.08. The molecule has 1 amide bonds. The number of carbonyl (C=O) groups is 1. The van der Waals surface area contributed by atoms with Crippen LogP contribution in [0.2, 0.25) is 0 Å². The maximum absolute atomic E-state index is 12.0. The van der Waals surface area contributed by atoms with Crippen LogP contribution in [0, 0.1) is 6.92 Å². The fraction of sp³-hybridized carbons (Fsp3) is 0.300. The number of fused-ring (bicyclic) bond motifs is 1. The summed E-state index contributed by atoms with van der Waals surface area (Å²) in [7, 11) is 0. The SMILES string of the molecule is Cc1csc(CCCCNC(=O)COc2ccc3ccccc3c2Br)n1. The van der Waals surface area contributed by atoms with Gasteiger partial charge in [-0.2, -0.15) is 0 Å². The summed E-state index contributed by atoms with van der Waals surface area (Å²) in [4.78, 5) is 16.4. The molecule has 26 heavy (non-hydrogen) atoms. The van der Waals surface area contributed by atoms with Crippen molar-refractivity contribution in [3.63, 3.8) is 0 Å². The topological polar surface area (TPSA) is 51.2 Å². The van der Waals surface area contributed by atoms with Crippen molar-refractivity contribution in [1.82, 2.24) is 10.3 Å². The number of amides is 1. The number of hydrogen-bond donors (Lipinski definition) is 1. The van der Waals surface area contributed by atoms with Crippen molar-refractivity contribution >= 4 is 43.9 Å². The van der Waals surface area contributed by atoms with E-state index in [0.29, 0.717) is 12.3 Å². The largest absolute Gasteiger partial charge is 0.483 e. The Bertz CT molecular complexity index is 894. The molecule has 0 bridgehead atoms. The van der Waals surface area contributed by atoms with Gasteiger partial charge in [-0.15, -0.1) is 11.3 Å². The quantitative estimate of drug-likeness (QED) is 0.515. The van der Waals surface area contributed by atoms with Crippen LogP contribution in [0.1, 0.15) is 23.5 Å². The molecule has 1 heterocycles. The van der Waals surface area contributed by atoms with E-state index in [0.717, 1.165) is 40.2 Å². The Labute approximate surface area is 165 Å². The van der Waals surface area contributed by atoms with Gasteiger partial charge in [-0.25, -0.2) is 4.98 Å². The predicted octanol–water partition coefficient (Wildman–Crippen LogP) is 4.89. The molecular formula is C20H21BrN2O2S. The molecule has 0 fully saturated rings. The summed E-state index contributed by atoms with van der Waals surface area (Å²) in [6, 6.07) is 11.9. The van der Waals surface area contributed by atoms with Crippen molar-refractivity contribution in [1.29, 1.82) is 0 Å². The van der Waals surface area contributed by atoms with Gasteiger partial charge in [0.2, 0.25) is 0 Å². The van der Waals surface area contributed by atoms with Gasteiger partial charge in [-0.3, -0.25) is 4.79 Å². The molecule has 0 saturated heterocycles. The molecule has 3 rings (SSSR count). The maximum Gasteiger partial charge on any atom is 0.257 e. The summed E-state index contributed by atoms with van der Waals surface area (Å²) in [5, 5.41) is 8.34. The highest BCUT2D eigenvalue weighted by Crippen LogP contribution is 2.32. The molecule has 4 nitrogen and oxygen atoms in total. The van der Waals surface area contributed by atoms with Crippen molar-refractivity contribution in [2.45, 2.75) is 26.2 Å². The van der Waals surface area contributed by atoms with Crippen molar-refractivity contribution in [3.8, 4) is 5.75 Å². The number of nitrogens with one attached hydrogen (secondary N) is 1. The van der Waals surface area contributed by atoms with Gasteiger partial charge in [0, 0.05) is 17.6 Å². The molecule has 1 N–H and O–H groups in total. The lowest BCUT2D eigenvalue weighted by Crippen LogP contribution is -2.29. The van der Waals surface area contributed by atoms with E-state index in [4.69, 9.17) is 4.74 Å². The Morgan fingerprint density at radius 2 is 2.08 bits per heavy atom. The zero-order valence-electron chi connectivity index (χ0n) is 14.6. The first-order valence-electron chi connectivity index (χ1n) is 8.61. The first-order valence-corrected chi connectivity index (χ1v) is 10.3. The van der Waals surface area contributed by atoms with Crippen LogP contribution in [0.4, 0.5) is 0 Å². The molecule has 0 unspecified atom stereocenters. The van der Waals surface area contributed by atoms with E-state index in [1.54, 1.807) is 11.3 Å². The van der Waals surface area contributed by atoms with Gasteiger partial charge >= 0.3 is 0 Å². The van der Waals surface area contributed by atoms with Crippen molar-refractivity contribution < 1.29 is 9.53 Å². The number of benzene rings is 2. The van der Waals surface area contributed by atoms with Gasteiger partial charge in [-0.1, -0.05) is 30.3 Å². The normalized spacial score (nSPS) is 10.8. The number of carbonyl (C=O) groups excluding carboxylic acids is 1. The average Bonchev–Trinajstić information content (AvgIpc) is 3.06. The highest BCUT2D eigenvalue weighted by molar-refractivity contribution is 9.10. The molecule has 2 aromatic carbocycles. The number of aryl methyl sites for hydroxylation is 2. The molecular weight excluding hydrogens is 412 g/mol. The maximum atomic E-state index is 12.0. The van der Waals surface area contributed by atoms with Crippen molar-refractivity contribution in [3.05, 3.63) is 57.0 Å². The lowest BCUT2D eigenvalue weighted by atomic mass is 10.1. The summed E-state index contributed by atoms with van der Waals surface area (Å²) in [5.74, 6) is 0.577. The van der Waals surface area contributed by atoms with Crippen molar-refractivity contribution in [2.75, 3.05) is 13.2 Å². The van der Waals surface area contributed by atoms with Crippen LogP contribution in [0.15, 0.2) is 46.3 Å². The van der Waals surface area contributed by atoms with E-state index >= 15 is 0 Å². The van der Waals surface area contributed by atoms with Crippen LogP contribution < -0.4 is 10.1 Å². The van der Waals surface area contributed by atoms with Crippen LogP contribution in [0.3, 0.4) is 0 Å². The van der Waals surface area contributed by atoms with E-state index in [1.165, 1.54) is 5.01 Å². The molecule has 0 spiro atoms. The Morgan fingerprint density at radius 3 is 2.88 bits per heavy atom. The Balaban J connectivity index is 1.39.